The van der Waals surface area contributed by atoms with Crippen LogP contribution in [-0.2, 0) is 4.43 Å². The Morgan fingerprint density at radius 3 is 2.42 bits per heavy atom. The van der Waals surface area contributed by atoms with Gasteiger partial charge in [0.15, 0.2) is 8.32 Å². The third kappa shape index (κ3) is 5.57. The Hall–Kier alpha value is -0.583. The number of nitrogens with zero attached hydrogens (tertiary/aromatic N) is 1. The van der Waals surface area contributed by atoms with Crippen LogP contribution in [0.3, 0.4) is 0 Å². The summed E-state index contributed by atoms with van der Waals surface area (Å²) >= 11 is 6.40. The second-order valence-corrected chi connectivity index (χ2v) is 21.1. The normalized spacial score (nSPS) is 42.0. The molecule has 0 bridgehead atoms. The van der Waals surface area contributed by atoms with E-state index in [1.807, 2.05) is 19.2 Å². The monoisotopic (exact) mass is 587 g/mol. The Bertz CT molecular complexity index is 1040. The molecule has 0 radical (unpaired) electrons. The number of fused-ring (bicyclic) bond motifs is 5. The number of hydrogen-bond acceptors (Lipinski definition) is 3. The third-order valence-electron chi connectivity index (χ3n) is 12.7. The lowest BCUT2D eigenvalue weighted by atomic mass is 9.41. The van der Waals surface area contributed by atoms with Crippen LogP contribution in [0.15, 0.2) is 12.3 Å². The molecule has 5 heteroatoms. The van der Waals surface area contributed by atoms with Gasteiger partial charge in [0.2, 0.25) is 5.88 Å². The van der Waals surface area contributed by atoms with Crippen molar-refractivity contribution in [3.8, 4) is 5.88 Å². The first-order valence-corrected chi connectivity index (χ1v) is 20.5. The van der Waals surface area contributed by atoms with Gasteiger partial charge in [0.25, 0.3) is 0 Å². The second kappa shape index (κ2) is 11.5. The van der Waals surface area contributed by atoms with E-state index in [0.29, 0.717) is 40.4 Å². The highest BCUT2D eigenvalue weighted by Crippen LogP contribution is 2.70. The molecule has 40 heavy (non-hydrogen) atoms. The van der Waals surface area contributed by atoms with Crippen molar-refractivity contribution in [2.45, 2.75) is 125 Å². The van der Waals surface area contributed by atoms with Crippen LogP contribution in [0.25, 0.3) is 0 Å². The lowest BCUT2D eigenvalue weighted by Crippen LogP contribution is -2.63. The average Bonchev–Trinajstić information content (AvgIpc) is 3.23. The fourth-order valence-electron chi connectivity index (χ4n) is 10.9. The van der Waals surface area contributed by atoms with E-state index >= 15 is 0 Å². The molecule has 4 saturated carbocycles. The van der Waals surface area contributed by atoms with Crippen LogP contribution in [0.4, 0.5) is 0 Å². The van der Waals surface area contributed by atoms with E-state index in [9.17, 15) is 0 Å². The Labute approximate surface area is 252 Å². The molecule has 0 aliphatic heterocycles. The van der Waals surface area contributed by atoms with Gasteiger partial charge in [-0.3, -0.25) is 0 Å². The van der Waals surface area contributed by atoms with Gasteiger partial charge < -0.3 is 9.16 Å². The van der Waals surface area contributed by atoms with Crippen LogP contribution in [0.5, 0.6) is 5.88 Å². The van der Waals surface area contributed by atoms with E-state index in [-0.39, 0.29) is 0 Å². The number of aryl methyl sites for hydroxylation is 1. The number of halogens is 1. The van der Waals surface area contributed by atoms with Crippen molar-refractivity contribution < 1.29 is 9.16 Å². The van der Waals surface area contributed by atoms with Crippen LogP contribution < -0.4 is 4.74 Å². The minimum absolute atomic E-state index is 0.408. The summed E-state index contributed by atoms with van der Waals surface area (Å²) in [4.78, 5) is 4.43. The molecule has 4 fully saturated rings. The van der Waals surface area contributed by atoms with E-state index in [1.54, 1.807) is 0 Å². The molecule has 5 rings (SSSR count). The average molecular weight is 588 g/mol. The second-order valence-electron chi connectivity index (χ2n) is 16.2. The SMILES string of the molecule is CC[C@H]1[C@@H](O[Si](C)(C)C)[C@@H]2[C@H](CC[C@]3(C)[C@@H]([C@H](C)CCOc4ncc(C)cc4Cl)CC[C@@H]23)[C@@]2(C)CC[C@@H](C)C[C@@H]12. The molecule has 0 unspecified atom stereocenters. The molecule has 11 atom stereocenters. The first kappa shape index (κ1) is 30.9. The summed E-state index contributed by atoms with van der Waals surface area (Å²) in [6.07, 6.45) is 14.5. The maximum absolute atomic E-state index is 7.36. The zero-order valence-electron chi connectivity index (χ0n) is 27.1. The molecular weight excluding hydrogens is 530 g/mol. The molecule has 4 aliphatic rings. The largest absolute Gasteiger partial charge is 0.477 e. The summed E-state index contributed by atoms with van der Waals surface area (Å²) in [6.45, 7) is 22.9. The molecule has 0 saturated heterocycles. The smallest absolute Gasteiger partial charge is 0.232 e. The lowest BCUT2D eigenvalue weighted by molar-refractivity contribution is -0.193. The molecular formula is C35H58ClNO2Si. The Kier molecular flexibility index (Phi) is 8.87. The van der Waals surface area contributed by atoms with Crippen LogP contribution in [-0.4, -0.2) is 26.0 Å². The van der Waals surface area contributed by atoms with E-state index < -0.39 is 8.32 Å². The van der Waals surface area contributed by atoms with Gasteiger partial charge in [0.1, 0.15) is 5.02 Å². The standard InChI is InChI=1S/C35H58ClNO2Si/c1-10-25-29-19-22(2)13-16-35(29,6)28-14-17-34(5)26(11-12-27(34)31(28)32(25)39-40(7,8)9)24(4)15-18-38-33-30(36)20-23(3)21-37-33/h20-22,24-29,31-32H,10-19H2,1-9H3/t22-,24-,25-,26-,27+,28+,29+,31+,32-,34-,35-/m1/s1. The Morgan fingerprint density at radius 2 is 1.75 bits per heavy atom. The minimum atomic E-state index is -1.68. The van der Waals surface area contributed by atoms with Crippen molar-refractivity contribution in [2.24, 2.45) is 58.2 Å². The highest BCUT2D eigenvalue weighted by Gasteiger charge is 2.65. The van der Waals surface area contributed by atoms with Crippen molar-refractivity contribution >= 4 is 19.9 Å². The van der Waals surface area contributed by atoms with Crippen molar-refractivity contribution in [1.29, 1.82) is 0 Å². The van der Waals surface area contributed by atoms with E-state index in [4.69, 9.17) is 20.8 Å². The van der Waals surface area contributed by atoms with Crippen LogP contribution in [0.1, 0.15) is 98.0 Å². The number of ether oxygens (including phenoxy) is 1. The maximum atomic E-state index is 7.36. The third-order valence-corrected chi connectivity index (χ3v) is 13.9. The molecule has 0 N–H and O–H groups in total. The quantitative estimate of drug-likeness (QED) is 0.283. The van der Waals surface area contributed by atoms with Gasteiger partial charge >= 0.3 is 0 Å². The van der Waals surface area contributed by atoms with Gasteiger partial charge in [0, 0.05) is 6.20 Å². The minimum Gasteiger partial charge on any atom is -0.477 e. The molecule has 1 aromatic rings. The predicted molar refractivity (Wildman–Crippen MR) is 170 cm³/mol. The number of aromatic nitrogens is 1. The molecule has 0 amide bonds. The fourth-order valence-corrected chi connectivity index (χ4v) is 12.3. The van der Waals surface area contributed by atoms with Crippen molar-refractivity contribution in [1.82, 2.24) is 4.98 Å². The number of rotatable bonds is 8. The number of pyridine rings is 1. The van der Waals surface area contributed by atoms with Crippen molar-refractivity contribution in [3.63, 3.8) is 0 Å². The topological polar surface area (TPSA) is 31.4 Å². The molecule has 0 aromatic carbocycles. The number of hydrogen-bond donors (Lipinski definition) is 0. The highest BCUT2D eigenvalue weighted by atomic mass is 35.5. The van der Waals surface area contributed by atoms with Gasteiger partial charge in [-0.25, -0.2) is 4.98 Å². The molecule has 4 aliphatic carbocycles. The summed E-state index contributed by atoms with van der Waals surface area (Å²) in [5.41, 5.74) is 1.97. The van der Waals surface area contributed by atoms with Gasteiger partial charge in [0.05, 0.1) is 12.7 Å². The Balaban J connectivity index is 1.37. The van der Waals surface area contributed by atoms with Gasteiger partial charge in [-0.15, -0.1) is 0 Å². The van der Waals surface area contributed by atoms with Gasteiger partial charge in [-0.1, -0.05) is 59.1 Å². The summed E-state index contributed by atoms with van der Waals surface area (Å²) in [5.74, 6) is 6.76. The van der Waals surface area contributed by atoms with Crippen molar-refractivity contribution in [3.05, 3.63) is 22.8 Å². The summed E-state index contributed by atoms with van der Waals surface area (Å²) in [5, 5.41) is 0.624. The molecule has 1 heterocycles. The molecule has 226 valence electrons. The predicted octanol–water partition coefficient (Wildman–Crippen LogP) is 10.2. The van der Waals surface area contributed by atoms with Gasteiger partial charge in [-0.05, 0) is 141 Å². The summed E-state index contributed by atoms with van der Waals surface area (Å²) in [6, 6.07) is 1.94. The van der Waals surface area contributed by atoms with Crippen LogP contribution in [0.2, 0.25) is 24.7 Å². The molecule has 0 spiro atoms. The summed E-state index contributed by atoms with van der Waals surface area (Å²) < 4.78 is 13.5. The molecule has 3 nitrogen and oxygen atoms in total. The zero-order valence-corrected chi connectivity index (χ0v) is 28.8. The fraction of sp³-hybridized carbons (Fsp3) is 0.857. The van der Waals surface area contributed by atoms with E-state index in [2.05, 4.69) is 59.2 Å². The first-order valence-electron chi connectivity index (χ1n) is 16.7. The van der Waals surface area contributed by atoms with Crippen LogP contribution in [0, 0.1) is 65.1 Å². The van der Waals surface area contributed by atoms with E-state index in [0.717, 1.165) is 53.4 Å². The van der Waals surface area contributed by atoms with Crippen LogP contribution >= 0.6 is 11.6 Å². The molecule has 1 aromatic heterocycles. The van der Waals surface area contributed by atoms with Crippen molar-refractivity contribution in [2.75, 3.05) is 6.61 Å². The Morgan fingerprint density at radius 1 is 1.05 bits per heavy atom. The maximum Gasteiger partial charge on any atom is 0.232 e. The lowest BCUT2D eigenvalue weighted by Gasteiger charge is -2.66. The highest BCUT2D eigenvalue weighted by molar-refractivity contribution is 6.69. The van der Waals surface area contributed by atoms with Gasteiger partial charge in [-0.2, -0.15) is 0 Å². The first-order chi connectivity index (χ1) is 18.8. The van der Waals surface area contributed by atoms with E-state index in [1.165, 1.54) is 51.4 Å². The summed E-state index contributed by atoms with van der Waals surface area (Å²) in [7, 11) is -1.68. The zero-order chi connectivity index (χ0) is 29.0.